The smallest absolute Gasteiger partial charge is 0.135 e. The molecule has 24 aromatic rings. The second-order valence-electron chi connectivity index (χ2n) is 35.9. The van der Waals surface area contributed by atoms with Crippen LogP contribution < -0.4 is 9.80 Å². The van der Waals surface area contributed by atoms with E-state index < -0.39 is 10.8 Å². The zero-order valence-corrected chi connectivity index (χ0v) is 75.7. The van der Waals surface area contributed by atoms with Gasteiger partial charge in [0.1, 0.15) is 22.3 Å². The maximum atomic E-state index is 6.29. The second-order valence-corrected chi connectivity index (χ2v) is 35.9. The van der Waals surface area contributed by atoms with E-state index in [4.69, 9.17) is 8.83 Å². The Morgan fingerprint density at radius 2 is 0.406 bits per heavy atom. The molecule has 4 nitrogen and oxygen atoms in total. The molecule has 2 aliphatic carbocycles. The number of hydrogen-bond donors (Lipinski definition) is 0. The van der Waals surface area contributed by atoms with Crippen molar-refractivity contribution in [2.24, 2.45) is 0 Å². The summed E-state index contributed by atoms with van der Waals surface area (Å²) in [6, 6.07) is 198. The number of benzene rings is 22. The number of hydrogen-bond acceptors (Lipinski definition) is 4. The van der Waals surface area contributed by atoms with Crippen LogP contribution in [0.4, 0.5) is 34.1 Å². The first-order valence-corrected chi connectivity index (χ1v) is 47.5. The molecule has 0 radical (unpaired) electrons. The van der Waals surface area contributed by atoms with Crippen LogP contribution in [-0.4, -0.2) is 0 Å². The first kappa shape index (κ1) is 82.0. The molecule has 0 unspecified atom stereocenters. The van der Waals surface area contributed by atoms with Crippen molar-refractivity contribution in [1.29, 1.82) is 0 Å². The highest BCUT2D eigenvalue weighted by molar-refractivity contribution is 6.09. The van der Waals surface area contributed by atoms with Crippen molar-refractivity contribution < 1.29 is 8.83 Å². The fraction of sp³-hybridized carbons (Fsp3) is 0.0149. The van der Waals surface area contributed by atoms with Crippen molar-refractivity contribution in [2.75, 3.05) is 9.80 Å². The molecule has 2 heterocycles. The minimum atomic E-state index is -0.469. The van der Waals surface area contributed by atoms with Gasteiger partial charge in [0.25, 0.3) is 0 Å². The lowest BCUT2D eigenvalue weighted by Gasteiger charge is -2.34. The fourth-order valence-corrected chi connectivity index (χ4v) is 22.1. The molecule has 648 valence electrons. The minimum absolute atomic E-state index is 0.466. The van der Waals surface area contributed by atoms with Crippen LogP contribution in [0.5, 0.6) is 0 Å². The first-order valence-electron chi connectivity index (χ1n) is 47.5. The summed E-state index contributed by atoms with van der Waals surface area (Å²) in [5.74, 6) is 0. The fourth-order valence-electron chi connectivity index (χ4n) is 22.1. The van der Waals surface area contributed by atoms with Crippen LogP contribution in [-0.2, 0) is 10.8 Å². The molecule has 2 aromatic heterocycles. The van der Waals surface area contributed by atoms with Gasteiger partial charge >= 0.3 is 0 Å². The highest BCUT2D eigenvalue weighted by Crippen LogP contribution is 2.61. The van der Waals surface area contributed by atoms with Crippen molar-refractivity contribution in [3.63, 3.8) is 0 Å². The summed E-state index contributed by atoms with van der Waals surface area (Å²) in [4.78, 5) is 4.82. The molecule has 0 aliphatic heterocycles. The van der Waals surface area contributed by atoms with Crippen LogP contribution in [0.25, 0.3) is 155 Å². The Kier molecular flexibility index (Phi) is 20.7. The number of para-hydroxylation sites is 4. The molecule has 2 aliphatic rings. The Balaban J connectivity index is 0.000000146. The zero-order chi connectivity index (χ0) is 91.5. The number of rotatable bonds is 18. The molecule has 0 N–H and O–H groups in total. The molecule has 0 fully saturated rings. The Labute approximate surface area is 803 Å². The molecular formula is C134H90N2O2. The number of furan rings is 2. The van der Waals surface area contributed by atoms with E-state index in [1.807, 2.05) is 24.3 Å². The molecule has 26 rings (SSSR count). The molecule has 4 heteroatoms. The molecule has 0 bridgehead atoms. The van der Waals surface area contributed by atoms with Gasteiger partial charge in [0.05, 0.1) is 22.2 Å². The lowest BCUT2D eigenvalue weighted by atomic mass is 9.67. The molecule has 138 heavy (non-hydrogen) atoms. The Hall–Kier alpha value is -18.0. The van der Waals surface area contributed by atoms with E-state index in [0.717, 1.165) is 111 Å². The van der Waals surface area contributed by atoms with Gasteiger partial charge in [0.2, 0.25) is 0 Å². The van der Waals surface area contributed by atoms with Crippen molar-refractivity contribution in [1.82, 2.24) is 0 Å². The summed E-state index contributed by atoms with van der Waals surface area (Å²) in [5.41, 5.74) is 43.2. The van der Waals surface area contributed by atoms with Crippen LogP contribution in [0, 0.1) is 0 Å². The summed E-state index contributed by atoms with van der Waals surface area (Å²) < 4.78 is 12.6. The summed E-state index contributed by atoms with van der Waals surface area (Å²) in [6.07, 6.45) is 0. The average Bonchev–Trinajstić information content (AvgIpc) is 1.53. The van der Waals surface area contributed by atoms with E-state index in [0.29, 0.717) is 0 Å². The van der Waals surface area contributed by atoms with Gasteiger partial charge in [-0.05, 0) is 242 Å². The largest absolute Gasteiger partial charge is 0.456 e. The van der Waals surface area contributed by atoms with Gasteiger partial charge in [-0.3, -0.25) is 0 Å². The topological polar surface area (TPSA) is 32.8 Å². The Bertz CT molecular complexity index is 8550. The van der Waals surface area contributed by atoms with Gasteiger partial charge in [-0.25, -0.2) is 0 Å². The van der Waals surface area contributed by atoms with Gasteiger partial charge in [0.15, 0.2) is 0 Å². The van der Waals surface area contributed by atoms with E-state index in [2.05, 4.69) is 532 Å². The summed E-state index contributed by atoms with van der Waals surface area (Å²) in [6.45, 7) is 0. The van der Waals surface area contributed by atoms with E-state index in [1.54, 1.807) is 0 Å². The van der Waals surface area contributed by atoms with Gasteiger partial charge < -0.3 is 18.6 Å². The van der Waals surface area contributed by atoms with Gasteiger partial charge in [-0.1, -0.05) is 449 Å². The summed E-state index contributed by atoms with van der Waals surface area (Å²) in [7, 11) is 0. The standard InChI is InChI=1S/2C67H45NO/c1-4-18-46(19-5-1)47-34-36-48(37-35-47)50-20-16-25-55(44-50)68(63-32-14-11-26-56(63)51-40-43-65-60(45-51)58-27-12-15-33-64(58)69-65)54-41-38-49(39-42-54)57-29-17-31-62-66(57)59-28-10-13-30-61(59)67(62,52-21-6-2-7-22-52)53-23-8-3-9-24-53;1-4-17-46(18-5-1)47-31-33-48(34-32-47)49-35-40-54(41-36-49)68(63-29-14-11-23-56(63)51-39-44-65-60(45-51)58-24-12-15-30-64(58)69-65)55-42-37-50(38-43-55)57-26-16-28-62-66(57)59-25-10-13-27-61(59)67(62,52-19-6-2-7-20-52)53-21-8-3-9-22-53/h2*1-45H. The third kappa shape index (κ3) is 14.2. The van der Waals surface area contributed by atoms with Gasteiger partial charge in [0, 0.05) is 55.4 Å². The summed E-state index contributed by atoms with van der Waals surface area (Å²) in [5, 5.41) is 4.45. The first-order chi connectivity index (χ1) is 68.4. The minimum Gasteiger partial charge on any atom is -0.456 e. The van der Waals surface area contributed by atoms with Crippen molar-refractivity contribution in [3.05, 3.63) is 590 Å². The van der Waals surface area contributed by atoms with E-state index in [1.165, 1.54) is 122 Å². The lowest BCUT2D eigenvalue weighted by molar-refractivity contribution is 0.668. The van der Waals surface area contributed by atoms with Crippen molar-refractivity contribution in [3.8, 4) is 111 Å². The third-order valence-corrected chi connectivity index (χ3v) is 28.4. The van der Waals surface area contributed by atoms with Crippen LogP contribution >= 0.6 is 0 Å². The molecular weight excluding hydrogens is 1670 g/mol. The van der Waals surface area contributed by atoms with Crippen LogP contribution in [0.1, 0.15) is 44.5 Å². The maximum Gasteiger partial charge on any atom is 0.135 e. The van der Waals surface area contributed by atoms with E-state index >= 15 is 0 Å². The monoisotopic (exact) mass is 1760 g/mol. The van der Waals surface area contributed by atoms with Crippen LogP contribution in [0.3, 0.4) is 0 Å². The molecule has 0 saturated heterocycles. The highest BCUT2D eigenvalue weighted by Gasteiger charge is 2.49. The SMILES string of the molecule is c1ccc(-c2ccc(-c3ccc(N(c4ccc(-c5cccc6c5-c5ccccc5C6(c5ccccc5)c5ccccc5)cc4)c4ccccc4-c4ccc5oc6ccccc6c5c4)cc3)cc2)cc1.c1ccc(-c2ccc(-c3cccc(N(c4ccc(-c5cccc6c5-c5ccccc5C6(c5ccccc5)c5ccccc5)cc4)c4ccccc4-c4ccc5oc6ccccc6c5c4)c3)cc2)cc1. The quantitative estimate of drug-likeness (QED) is 0.0857. The van der Waals surface area contributed by atoms with E-state index in [9.17, 15) is 0 Å². The van der Waals surface area contributed by atoms with Crippen molar-refractivity contribution >= 4 is 78.0 Å². The Morgan fingerprint density at radius 3 is 0.797 bits per heavy atom. The maximum absolute atomic E-state index is 6.29. The molecule has 0 amide bonds. The third-order valence-electron chi connectivity index (χ3n) is 28.4. The highest BCUT2D eigenvalue weighted by atomic mass is 16.3. The number of nitrogens with zero attached hydrogens (tertiary/aromatic N) is 2. The molecule has 0 atom stereocenters. The van der Waals surface area contributed by atoms with Crippen LogP contribution in [0.15, 0.2) is 555 Å². The lowest BCUT2D eigenvalue weighted by Crippen LogP contribution is -2.28. The Morgan fingerprint density at radius 1 is 0.145 bits per heavy atom. The van der Waals surface area contributed by atoms with Gasteiger partial charge in [-0.2, -0.15) is 0 Å². The van der Waals surface area contributed by atoms with Gasteiger partial charge in [-0.15, -0.1) is 0 Å². The predicted octanol–water partition coefficient (Wildman–Crippen LogP) is 36.2. The van der Waals surface area contributed by atoms with Crippen molar-refractivity contribution in [2.45, 2.75) is 10.8 Å². The molecule has 22 aromatic carbocycles. The number of fused-ring (bicyclic) bond motifs is 12. The normalized spacial score (nSPS) is 12.5. The molecule has 0 saturated carbocycles. The number of anilines is 6. The predicted molar refractivity (Wildman–Crippen MR) is 575 cm³/mol. The summed E-state index contributed by atoms with van der Waals surface area (Å²) >= 11 is 0. The second kappa shape index (κ2) is 34.9. The molecule has 0 spiro atoms. The van der Waals surface area contributed by atoms with E-state index in [-0.39, 0.29) is 0 Å². The zero-order valence-electron chi connectivity index (χ0n) is 75.7. The van der Waals surface area contributed by atoms with Crippen LogP contribution in [0.2, 0.25) is 0 Å². The average molecular weight is 1760 g/mol.